The summed E-state index contributed by atoms with van der Waals surface area (Å²) >= 11 is 5.92. The first kappa shape index (κ1) is 18.3. The van der Waals surface area contributed by atoms with Crippen LogP contribution < -0.4 is 5.32 Å². The second-order valence-corrected chi connectivity index (χ2v) is 6.53. The van der Waals surface area contributed by atoms with Crippen LogP contribution in [0.4, 0.5) is 0 Å². The van der Waals surface area contributed by atoms with Crippen molar-refractivity contribution in [1.29, 1.82) is 0 Å². The van der Waals surface area contributed by atoms with E-state index in [0.717, 1.165) is 31.6 Å². The fourth-order valence-corrected chi connectivity index (χ4v) is 2.98. The van der Waals surface area contributed by atoms with Gasteiger partial charge in [0, 0.05) is 18.1 Å². The summed E-state index contributed by atoms with van der Waals surface area (Å²) in [7, 11) is 1.96. The fraction of sp³-hybridized carbons (Fsp3) is 0.562. The summed E-state index contributed by atoms with van der Waals surface area (Å²) < 4.78 is 0. The zero-order valence-corrected chi connectivity index (χ0v) is 14.4. The number of nitrogens with zero attached hydrogens (tertiary/aromatic N) is 1. The molecule has 0 aromatic heterocycles. The first-order valence-corrected chi connectivity index (χ1v) is 7.53. The smallest absolute Gasteiger partial charge is 0.232 e. The maximum absolute atomic E-state index is 12.8. The Kier molecular flexibility index (Phi) is 6.51. The predicted octanol–water partition coefficient (Wildman–Crippen LogP) is 3.11. The molecule has 0 aliphatic carbocycles. The van der Waals surface area contributed by atoms with Crippen molar-refractivity contribution in [1.82, 2.24) is 10.2 Å². The highest BCUT2D eigenvalue weighted by Gasteiger charge is 2.36. The van der Waals surface area contributed by atoms with Gasteiger partial charge in [0.05, 0.1) is 5.41 Å². The van der Waals surface area contributed by atoms with E-state index < -0.39 is 5.41 Å². The van der Waals surface area contributed by atoms with Crippen molar-refractivity contribution in [2.45, 2.75) is 25.7 Å². The van der Waals surface area contributed by atoms with Crippen molar-refractivity contribution < 1.29 is 4.79 Å². The number of carbonyl (C=O) groups excluding carboxylic acids is 1. The van der Waals surface area contributed by atoms with E-state index in [9.17, 15) is 4.79 Å². The van der Waals surface area contributed by atoms with Crippen LogP contribution in [0.5, 0.6) is 0 Å². The minimum absolute atomic E-state index is 0. The SMILES string of the molecule is CNCC1CCN(C(=O)C(C)(C)c2ccc(Cl)cc2)C1.Cl. The lowest BCUT2D eigenvalue weighted by Gasteiger charge is -2.30. The number of halogens is 2. The van der Waals surface area contributed by atoms with E-state index in [1.165, 1.54) is 0 Å². The molecular formula is C16H24Cl2N2O. The van der Waals surface area contributed by atoms with E-state index in [2.05, 4.69) is 5.32 Å². The van der Waals surface area contributed by atoms with Gasteiger partial charge in [-0.05, 0) is 57.5 Å². The zero-order chi connectivity index (χ0) is 14.8. The molecule has 3 nitrogen and oxygen atoms in total. The topological polar surface area (TPSA) is 32.3 Å². The number of likely N-dealkylation sites (tertiary alicyclic amines) is 1. The van der Waals surface area contributed by atoms with Crippen LogP contribution in [0.25, 0.3) is 0 Å². The fourth-order valence-electron chi connectivity index (χ4n) is 2.86. The first-order chi connectivity index (χ1) is 9.45. The molecule has 2 rings (SSSR count). The Bertz CT molecular complexity index is 474. The molecule has 1 aliphatic rings. The molecule has 1 N–H and O–H groups in total. The summed E-state index contributed by atoms with van der Waals surface area (Å²) in [5.41, 5.74) is 0.517. The number of carbonyl (C=O) groups is 1. The summed E-state index contributed by atoms with van der Waals surface area (Å²) in [5.74, 6) is 0.781. The zero-order valence-electron chi connectivity index (χ0n) is 12.9. The van der Waals surface area contributed by atoms with Gasteiger partial charge < -0.3 is 10.2 Å². The number of hydrogen-bond acceptors (Lipinski definition) is 2. The van der Waals surface area contributed by atoms with Crippen molar-refractivity contribution in [2.75, 3.05) is 26.7 Å². The maximum Gasteiger partial charge on any atom is 0.232 e. The van der Waals surface area contributed by atoms with Gasteiger partial charge >= 0.3 is 0 Å². The molecule has 1 aliphatic heterocycles. The van der Waals surface area contributed by atoms with Crippen LogP contribution in [-0.2, 0) is 10.2 Å². The highest BCUT2D eigenvalue weighted by molar-refractivity contribution is 6.30. The van der Waals surface area contributed by atoms with Gasteiger partial charge in [-0.25, -0.2) is 0 Å². The minimum Gasteiger partial charge on any atom is -0.342 e. The van der Waals surface area contributed by atoms with Crippen molar-refractivity contribution in [3.8, 4) is 0 Å². The van der Waals surface area contributed by atoms with Crippen molar-refractivity contribution in [3.63, 3.8) is 0 Å². The predicted molar refractivity (Wildman–Crippen MR) is 90.3 cm³/mol. The quantitative estimate of drug-likeness (QED) is 0.919. The maximum atomic E-state index is 12.8. The molecule has 1 fully saturated rings. The second-order valence-electron chi connectivity index (χ2n) is 6.10. The molecule has 1 amide bonds. The Morgan fingerprint density at radius 2 is 2.00 bits per heavy atom. The third-order valence-corrected chi connectivity index (χ3v) is 4.42. The standard InChI is InChI=1S/C16H23ClN2O.ClH/c1-16(2,13-4-6-14(17)7-5-13)15(20)19-9-8-12(11-19)10-18-3;/h4-7,12,18H,8-11H2,1-3H3;1H. The van der Waals surface area contributed by atoms with Crippen molar-refractivity contribution in [3.05, 3.63) is 34.9 Å². The van der Waals surface area contributed by atoms with Gasteiger partial charge in [-0.15, -0.1) is 12.4 Å². The molecule has 0 spiro atoms. The van der Waals surface area contributed by atoms with E-state index in [1.54, 1.807) is 0 Å². The number of amides is 1. The summed E-state index contributed by atoms with van der Waals surface area (Å²) in [6.45, 7) is 6.68. The van der Waals surface area contributed by atoms with Crippen LogP contribution in [0, 0.1) is 5.92 Å². The van der Waals surface area contributed by atoms with E-state index in [-0.39, 0.29) is 18.3 Å². The molecule has 1 aromatic carbocycles. The van der Waals surface area contributed by atoms with Crippen molar-refractivity contribution in [2.24, 2.45) is 5.92 Å². The normalized spacial score (nSPS) is 18.5. The lowest BCUT2D eigenvalue weighted by molar-refractivity contribution is -0.135. The van der Waals surface area contributed by atoms with Gasteiger partial charge in [-0.3, -0.25) is 4.79 Å². The molecule has 1 saturated heterocycles. The second kappa shape index (κ2) is 7.48. The first-order valence-electron chi connectivity index (χ1n) is 7.15. The van der Waals surface area contributed by atoms with E-state index >= 15 is 0 Å². The van der Waals surface area contributed by atoms with Gasteiger partial charge in [-0.1, -0.05) is 23.7 Å². The molecule has 1 atom stereocenters. The van der Waals surface area contributed by atoms with Crippen LogP contribution in [0.2, 0.25) is 5.02 Å². The molecule has 0 bridgehead atoms. The van der Waals surface area contributed by atoms with Gasteiger partial charge in [0.15, 0.2) is 0 Å². The monoisotopic (exact) mass is 330 g/mol. The van der Waals surface area contributed by atoms with E-state index in [1.807, 2.05) is 50.1 Å². The lowest BCUT2D eigenvalue weighted by atomic mass is 9.83. The molecular weight excluding hydrogens is 307 g/mol. The van der Waals surface area contributed by atoms with E-state index in [0.29, 0.717) is 10.9 Å². The molecule has 1 aromatic rings. The van der Waals surface area contributed by atoms with Crippen LogP contribution in [-0.4, -0.2) is 37.5 Å². The Labute approximate surface area is 138 Å². The Morgan fingerprint density at radius 3 is 2.57 bits per heavy atom. The lowest BCUT2D eigenvalue weighted by Crippen LogP contribution is -2.42. The molecule has 21 heavy (non-hydrogen) atoms. The van der Waals surface area contributed by atoms with Crippen LogP contribution in [0.3, 0.4) is 0 Å². The summed E-state index contributed by atoms with van der Waals surface area (Å²) in [4.78, 5) is 14.8. The Balaban J connectivity index is 0.00000220. The Morgan fingerprint density at radius 1 is 1.38 bits per heavy atom. The number of rotatable bonds is 4. The molecule has 0 saturated carbocycles. The number of benzene rings is 1. The van der Waals surface area contributed by atoms with Crippen LogP contribution in [0.15, 0.2) is 24.3 Å². The average molecular weight is 331 g/mol. The molecule has 5 heteroatoms. The molecule has 1 unspecified atom stereocenters. The van der Waals surface area contributed by atoms with Crippen LogP contribution >= 0.6 is 24.0 Å². The van der Waals surface area contributed by atoms with Crippen LogP contribution in [0.1, 0.15) is 25.8 Å². The molecule has 1 heterocycles. The van der Waals surface area contributed by atoms with Gasteiger partial charge in [0.2, 0.25) is 5.91 Å². The summed E-state index contributed by atoms with van der Waals surface area (Å²) in [5, 5.41) is 3.89. The third-order valence-electron chi connectivity index (χ3n) is 4.17. The highest BCUT2D eigenvalue weighted by atomic mass is 35.5. The van der Waals surface area contributed by atoms with E-state index in [4.69, 9.17) is 11.6 Å². The van der Waals surface area contributed by atoms with Crippen molar-refractivity contribution >= 4 is 29.9 Å². The number of nitrogens with one attached hydrogen (secondary N) is 1. The minimum atomic E-state index is -0.501. The van der Waals surface area contributed by atoms with Gasteiger partial charge in [0.1, 0.15) is 0 Å². The molecule has 0 radical (unpaired) electrons. The average Bonchev–Trinajstić information content (AvgIpc) is 2.87. The van der Waals surface area contributed by atoms with Gasteiger partial charge in [0.25, 0.3) is 0 Å². The summed E-state index contributed by atoms with van der Waals surface area (Å²) in [6.07, 6.45) is 1.09. The van der Waals surface area contributed by atoms with Gasteiger partial charge in [-0.2, -0.15) is 0 Å². The number of hydrogen-bond donors (Lipinski definition) is 1. The largest absolute Gasteiger partial charge is 0.342 e. The Hall–Kier alpha value is -0.770. The summed E-state index contributed by atoms with van der Waals surface area (Å²) in [6, 6.07) is 7.59. The third kappa shape index (κ3) is 4.12. The molecule has 118 valence electrons. The highest BCUT2D eigenvalue weighted by Crippen LogP contribution is 2.29.